The van der Waals surface area contributed by atoms with Crippen LogP contribution in [0.15, 0.2) is 16.7 Å². The van der Waals surface area contributed by atoms with E-state index in [0.29, 0.717) is 11.0 Å². The van der Waals surface area contributed by atoms with E-state index < -0.39 is 4.92 Å². The third-order valence-corrected chi connectivity index (χ3v) is 3.83. The van der Waals surface area contributed by atoms with Gasteiger partial charge < -0.3 is 10.5 Å². The van der Waals surface area contributed by atoms with Gasteiger partial charge in [-0.25, -0.2) is 4.98 Å². The summed E-state index contributed by atoms with van der Waals surface area (Å²) in [5, 5.41) is 11.0. The van der Waals surface area contributed by atoms with Gasteiger partial charge in [0.2, 0.25) is 0 Å². The van der Waals surface area contributed by atoms with Crippen LogP contribution in [0.3, 0.4) is 0 Å². The Kier molecular flexibility index (Phi) is 4.71. The van der Waals surface area contributed by atoms with Crippen molar-refractivity contribution in [1.82, 2.24) is 4.98 Å². The molecule has 2 unspecified atom stereocenters. The Morgan fingerprint density at radius 1 is 1.53 bits per heavy atom. The minimum absolute atomic E-state index is 0.0777. The Hall–Kier alpha value is -1.21. The van der Waals surface area contributed by atoms with E-state index in [0.717, 1.165) is 25.7 Å². The maximum atomic E-state index is 11.0. The number of nitrogens with zero attached hydrogens (tertiary/aromatic N) is 2. The number of ether oxygens (including phenoxy) is 1. The highest BCUT2D eigenvalue weighted by molar-refractivity contribution is 9.10. The number of halogens is 1. The van der Waals surface area contributed by atoms with Gasteiger partial charge in [0.1, 0.15) is 6.10 Å². The SMILES string of the molecule is NCC1CCCCC1Oc1ncc(Br)cc1[N+](=O)[O-]. The van der Waals surface area contributed by atoms with Gasteiger partial charge in [0.25, 0.3) is 5.88 Å². The van der Waals surface area contributed by atoms with Crippen LogP contribution >= 0.6 is 15.9 Å². The van der Waals surface area contributed by atoms with Gasteiger partial charge in [-0.05, 0) is 41.7 Å². The van der Waals surface area contributed by atoms with E-state index in [1.54, 1.807) is 0 Å². The fourth-order valence-electron chi connectivity index (χ4n) is 2.38. The lowest BCUT2D eigenvalue weighted by Gasteiger charge is -2.30. The first-order valence-corrected chi connectivity index (χ1v) is 7.07. The molecule has 0 spiro atoms. The first kappa shape index (κ1) is 14.2. The molecule has 2 N–H and O–H groups in total. The number of pyridine rings is 1. The van der Waals surface area contributed by atoms with Crippen molar-refractivity contribution in [3.05, 3.63) is 26.9 Å². The summed E-state index contributed by atoms with van der Waals surface area (Å²) in [6.45, 7) is 0.537. The van der Waals surface area contributed by atoms with Crippen LogP contribution in [0.5, 0.6) is 5.88 Å². The molecule has 1 aromatic heterocycles. The minimum Gasteiger partial charge on any atom is -0.469 e. The molecule has 7 heteroatoms. The van der Waals surface area contributed by atoms with E-state index in [1.807, 2.05) is 0 Å². The third-order valence-electron chi connectivity index (χ3n) is 3.40. The number of hydrogen-bond donors (Lipinski definition) is 1. The topological polar surface area (TPSA) is 91.3 Å². The van der Waals surface area contributed by atoms with Crippen LogP contribution in [0.25, 0.3) is 0 Å². The quantitative estimate of drug-likeness (QED) is 0.677. The van der Waals surface area contributed by atoms with Crippen LogP contribution in [-0.2, 0) is 0 Å². The van der Waals surface area contributed by atoms with E-state index in [1.165, 1.54) is 12.3 Å². The normalized spacial score (nSPS) is 23.1. The molecule has 19 heavy (non-hydrogen) atoms. The molecule has 0 aliphatic heterocycles. The minimum atomic E-state index is -0.479. The Balaban J connectivity index is 2.20. The van der Waals surface area contributed by atoms with Crippen molar-refractivity contribution in [2.24, 2.45) is 11.7 Å². The van der Waals surface area contributed by atoms with Gasteiger partial charge in [-0.3, -0.25) is 10.1 Å². The molecule has 0 aromatic carbocycles. The van der Waals surface area contributed by atoms with Gasteiger partial charge >= 0.3 is 5.69 Å². The van der Waals surface area contributed by atoms with E-state index in [9.17, 15) is 10.1 Å². The Labute approximate surface area is 119 Å². The van der Waals surface area contributed by atoms with Crippen LogP contribution in [0, 0.1) is 16.0 Å². The highest BCUT2D eigenvalue weighted by Crippen LogP contribution is 2.32. The number of hydrogen-bond acceptors (Lipinski definition) is 5. The Bertz CT molecular complexity index is 470. The first-order valence-electron chi connectivity index (χ1n) is 6.28. The molecule has 104 valence electrons. The van der Waals surface area contributed by atoms with Crippen molar-refractivity contribution in [3.63, 3.8) is 0 Å². The average molecular weight is 330 g/mol. The second kappa shape index (κ2) is 6.29. The lowest BCUT2D eigenvalue weighted by atomic mass is 9.86. The molecule has 6 nitrogen and oxygen atoms in total. The van der Waals surface area contributed by atoms with Gasteiger partial charge in [0.15, 0.2) is 0 Å². The summed E-state index contributed by atoms with van der Waals surface area (Å²) >= 11 is 3.17. The molecule has 1 heterocycles. The maximum absolute atomic E-state index is 11.0. The van der Waals surface area contributed by atoms with Gasteiger partial charge in [0, 0.05) is 22.7 Å². The lowest BCUT2D eigenvalue weighted by molar-refractivity contribution is -0.386. The monoisotopic (exact) mass is 329 g/mol. The molecular formula is C12H16BrN3O3. The zero-order chi connectivity index (χ0) is 13.8. The summed E-state index contributed by atoms with van der Waals surface area (Å²) < 4.78 is 6.31. The number of aromatic nitrogens is 1. The van der Waals surface area contributed by atoms with Crippen molar-refractivity contribution in [3.8, 4) is 5.88 Å². The van der Waals surface area contributed by atoms with Gasteiger partial charge in [-0.15, -0.1) is 0 Å². The Morgan fingerprint density at radius 3 is 2.95 bits per heavy atom. The Morgan fingerprint density at radius 2 is 2.26 bits per heavy atom. The van der Waals surface area contributed by atoms with Gasteiger partial charge in [0.05, 0.1) is 4.92 Å². The molecule has 2 atom stereocenters. The second-order valence-electron chi connectivity index (χ2n) is 4.67. The smallest absolute Gasteiger partial charge is 0.332 e. The maximum Gasteiger partial charge on any atom is 0.332 e. The van der Waals surface area contributed by atoms with Crippen molar-refractivity contribution in [2.45, 2.75) is 31.8 Å². The first-order chi connectivity index (χ1) is 9.11. The largest absolute Gasteiger partial charge is 0.469 e. The standard InChI is InChI=1S/C12H16BrN3O3/c13-9-5-10(16(17)18)12(15-7-9)19-11-4-2-1-3-8(11)6-14/h5,7-8,11H,1-4,6,14H2. The fraction of sp³-hybridized carbons (Fsp3) is 0.583. The van der Waals surface area contributed by atoms with Gasteiger partial charge in [-0.1, -0.05) is 6.42 Å². The summed E-state index contributed by atoms with van der Waals surface area (Å²) in [7, 11) is 0. The predicted molar refractivity (Wildman–Crippen MR) is 74.0 cm³/mol. The molecule has 1 saturated carbocycles. The van der Waals surface area contributed by atoms with Crippen molar-refractivity contribution >= 4 is 21.6 Å². The molecule has 0 amide bonds. The molecule has 1 fully saturated rings. The zero-order valence-corrected chi connectivity index (χ0v) is 12.0. The van der Waals surface area contributed by atoms with Gasteiger partial charge in [-0.2, -0.15) is 0 Å². The lowest BCUT2D eigenvalue weighted by Crippen LogP contribution is -2.35. The molecule has 2 rings (SSSR count). The van der Waals surface area contributed by atoms with Crippen LogP contribution < -0.4 is 10.5 Å². The predicted octanol–water partition coefficient (Wildman–Crippen LogP) is 2.65. The summed E-state index contributed by atoms with van der Waals surface area (Å²) in [4.78, 5) is 14.5. The van der Waals surface area contributed by atoms with Crippen LogP contribution in [0.2, 0.25) is 0 Å². The van der Waals surface area contributed by atoms with Crippen molar-refractivity contribution < 1.29 is 9.66 Å². The number of rotatable bonds is 4. The van der Waals surface area contributed by atoms with Crippen molar-refractivity contribution in [1.29, 1.82) is 0 Å². The highest BCUT2D eigenvalue weighted by atomic mass is 79.9. The van der Waals surface area contributed by atoms with Crippen molar-refractivity contribution in [2.75, 3.05) is 6.54 Å². The van der Waals surface area contributed by atoms with E-state index >= 15 is 0 Å². The number of nitrogens with two attached hydrogens (primary N) is 1. The molecule has 1 aliphatic carbocycles. The summed E-state index contributed by atoms with van der Waals surface area (Å²) in [5.41, 5.74) is 5.61. The van der Waals surface area contributed by atoms with Crippen LogP contribution in [-0.4, -0.2) is 22.6 Å². The molecule has 0 saturated heterocycles. The second-order valence-corrected chi connectivity index (χ2v) is 5.59. The molecule has 0 radical (unpaired) electrons. The van der Waals surface area contributed by atoms with Crippen LogP contribution in [0.4, 0.5) is 5.69 Å². The highest BCUT2D eigenvalue weighted by Gasteiger charge is 2.28. The van der Waals surface area contributed by atoms with E-state index in [4.69, 9.17) is 10.5 Å². The zero-order valence-electron chi connectivity index (χ0n) is 10.4. The molecule has 1 aliphatic rings. The van der Waals surface area contributed by atoms with E-state index in [2.05, 4.69) is 20.9 Å². The van der Waals surface area contributed by atoms with E-state index in [-0.39, 0.29) is 23.6 Å². The fourth-order valence-corrected chi connectivity index (χ4v) is 2.70. The summed E-state index contributed by atoms with van der Waals surface area (Å²) in [6.07, 6.45) is 5.50. The molecular weight excluding hydrogens is 314 g/mol. The molecule has 0 bridgehead atoms. The number of nitro groups is 1. The molecule has 1 aromatic rings. The summed E-state index contributed by atoms with van der Waals surface area (Å²) in [6, 6.07) is 1.41. The van der Waals surface area contributed by atoms with Crippen LogP contribution in [0.1, 0.15) is 25.7 Å². The summed E-state index contributed by atoms with van der Waals surface area (Å²) in [5.74, 6) is 0.331. The average Bonchev–Trinajstić information content (AvgIpc) is 2.41. The third kappa shape index (κ3) is 3.42.